The van der Waals surface area contributed by atoms with Crippen LogP contribution in [0.25, 0.3) is 10.8 Å². The molecule has 0 saturated carbocycles. The zero-order chi connectivity index (χ0) is 41.0. The molecular weight excluding hydrogens is 802 g/mol. The van der Waals surface area contributed by atoms with E-state index in [1.807, 2.05) is 54.6 Å². The summed E-state index contributed by atoms with van der Waals surface area (Å²) in [5.74, 6) is -4.18. The monoisotopic (exact) mass is 849 g/mol. The Morgan fingerprint density at radius 1 is 0.983 bits per heavy atom. The predicted molar refractivity (Wildman–Crippen MR) is 224 cm³/mol. The quantitative estimate of drug-likeness (QED) is 0.0727. The van der Waals surface area contributed by atoms with Gasteiger partial charge in [-0.3, -0.25) is 19.2 Å². The standard InChI is InChI=1S/C46H48BrN3O8/c1-4-6-21-37(52)48-35(28-56-3)40(31-18-11-8-12-19-31)57-45(55)38-39-43(53)50(36(27-51)30-16-9-7-10-17-30)42(46(39)26-34(47)41(38)58-46)44(54)49(24-5-2)33-23-22-29-15-13-14-20-32(29)25-33/h4-5,7-20,22-23,25,34-36,38-42,51H,1-2,6,21,24,26-28H2,3H3,(H,48,52)/t34?,35-,36-,38+,39-,40-,41+,42+,46-/m1/s1. The minimum absolute atomic E-state index is 0.0259. The number of aliphatic hydroxyl groups is 1. The van der Waals surface area contributed by atoms with Crippen molar-refractivity contribution in [1.29, 1.82) is 0 Å². The fourth-order valence-electron chi connectivity index (χ4n) is 9.05. The zero-order valence-corrected chi connectivity index (χ0v) is 33.9. The smallest absolute Gasteiger partial charge is 0.313 e. The first kappa shape index (κ1) is 41.0. The third kappa shape index (κ3) is 7.61. The molecule has 3 amide bonds. The predicted octanol–water partition coefficient (Wildman–Crippen LogP) is 6.22. The molecule has 1 unspecified atom stereocenters. The maximum atomic E-state index is 15.4. The lowest BCUT2D eigenvalue weighted by Gasteiger charge is -2.39. The molecule has 0 aliphatic carbocycles. The highest BCUT2D eigenvalue weighted by atomic mass is 79.9. The molecule has 1 spiro atoms. The normalized spacial score (nSPS) is 24.8. The van der Waals surface area contributed by atoms with Crippen LogP contribution in [0.3, 0.4) is 0 Å². The third-order valence-electron chi connectivity index (χ3n) is 11.6. The third-order valence-corrected chi connectivity index (χ3v) is 12.4. The lowest BCUT2D eigenvalue weighted by Crippen LogP contribution is -2.57. The Morgan fingerprint density at radius 2 is 1.66 bits per heavy atom. The van der Waals surface area contributed by atoms with Gasteiger partial charge in [0, 0.05) is 30.6 Å². The number of hydrogen-bond donors (Lipinski definition) is 2. The number of aliphatic hydroxyl groups excluding tert-OH is 1. The van der Waals surface area contributed by atoms with Crippen LogP contribution in [0, 0.1) is 11.8 Å². The van der Waals surface area contributed by atoms with E-state index in [9.17, 15) is 14.7 Å². The summed E-state index contributed by atoms with van der Waals surface area (Å²) in [6, 6.07) is 28.7. The first-order chi connectivity index (χ1) is 28.2. The number of carbonyl (C=O) groups is 4. The lowest BCUT2D eigenvalue weighted by atomic mass is 9.70. The molecule has 3 aliphatic rings. The van der Waals surface area contributed by atoms with Gasteiger partial charge in [-0.15, -0.1) is 13.2 Å². The number of benzene rings is 4. The number of amides is 3. The van der Waals surface area contributed by atoms with Crippen molar-refractivity contribution in [2.75, 3.05) is 31.8 Å². The van der Waals surface area contributed by atoms with Crippen molar-refractivity contribution in [3.63, 3.8) is 0 Å². The zero-order valence-electron chi connectivity index (χ0n) is 32.3. The largest absolute Gasteiger partial charge is 0.455 e. The highest BCUT2D eigenvalue weighted by Crippen LogP contribution is 2.61. The maximum absolute atomic E-state index is 15.4. The van der Waals surface area contributed by atoms with Crippen molar-refractivity contribution in [3.05, 3.63) is 140 Å². The van der Waals surface area contributed by atoms with Gasteiger partial charge in [0.1, 0.15) is 17.7 Å². The molecule has 3 heterocycles. The number of allylic oxidation sites excluding steroid dienone is 1. The fourth-order valence-corrected chi connectivity index (χ4v) is 9.99. The van der Waals surface area contributed by atoms with Crippen molar-refractivity contribution in [3.8, 4) is 0 Å². The first-order valence-electron chi connectivity index (χ1n) is 19.5. The number of alkyl halides is 1. The van der Waals surface area contributed by atoms with Gasteiger partial charge < -0.3 is 34.4 Å². The Morgan fingerprint density at radius 3 is 2.31 bits per heavy atom. The number of likely N-dealkylation sites (tertiary alicyclic amines) is 1. The molecule has 0 radical (unpaired) electrons. The molecule has 11 nitrogen and oxygen atoms in total. The van der Waals surface area contributed by atoms with Crippen LogP contribution in [0.5, 0.6) is 0 Å². The summed E-state index contributed by atoms with van der Waals surface area (Å²) >= 11 is 3.77. The molecule has 2 bridgehead atoms. The molecule has 2 N–H and O–H groups in total. The summed E-state index contributed by atoms with van der Waals surface area (Å²) in [5.41, 5.74) is 0.363. The van der Waals surface area contributed by atoms with Gasteiger partial charge >= 0.3 is 5.97 Å². The minimum atomic E-state index is -1.47. The number of rotatable bonds is 17. The van der Waals surface area contributed by atoms with Gasteiger partial charge in [-0.05, 0) is 46.9 Å². The molecule has 3 aliphatic heterocycles. The van der Waals surface area contributed by atoms with Gasteiger partial charge in [-0.2, -0.15) is 0 Å². The Hall–Kier alpha value is -5.14. The van der Waals surface area contributed by atoms with Crippen LogP contribution < -0.4 is 10.2 Å². The van der Waals surface area contributed by atoms with E-state index in [4.69, 9.17) is 14.2 Å². The number of anilines is 1. The van der Waals surface area contributed by atoms with Crippen LogP contribution in [0.15, 0.2) is 128 Å². The van der Waals surface area contributed by atoms with Gasteiger partial charge in [-0.1, -0.05) is 119 Å². The molecule has 7 rings (SSSR count). The number of carbonyl (C=O) groups excluding carboxylic acids is 4. The van der Waals surface area contributed by atoms with Crippen LogP contribution in [0.4, 0.5) is 5.69 Å². The molecule has 302 valence electrons. The first-order valence-corrected chi connectivity index (χ1v) is 20.4. The van der Waals surface area contributed by atoms with E-state index >= 15 is 9.59 Å². The van der Waals surface area contributed by atoms with Crippen LogP contribution in [-0.4, -0.2) is 89.2 Å². The van der Waals surface area contributed by atoms with Gasteiger partial charge in [0.05, 0.1) is 43.2 Å². The van der Waals surface area contributed by atoms with Crippen LogP contribution in [0.1, 0.15) is 42.5 Å². The van der Waals surface area contributed by atoms with Crippen molar-refractivity contribution in [2.24, 2.45) is 11.8 Å². The average Bonchev–Trinajstić information content (AvgIpc) is 3.84. The van der Waals surface area contributed by atoms with Gasteiger partial charge in [-0.25, -0.2) is 0 Å². The van der Waals surface area contributed by atoms with E-state index in [0.29, 0.717) is 23.2 Å². The van der Waals surface area contributed by atoms with Gasteiger partial charge in [0.2, 0.25) is 11.8 Å². The second-order valence-corrected chi connectivity index (χ2v) is 16.2. The molecule has 0 aromatic heterocycles. The summed E-state index contributed by atoms with van der Waals surface area (Å²) in [7, 11) is 1.50. The fraction of sp³-hybridized carbons (Fsp3) is 0.348. The molecule has 9 atom stereocenters. The van der Waals surface area contributed by atoms with E-state index in [0.717, 1.165) is 10.8 Å². The van der Waals surface area contributed by atoms with Crippen molar-refractivity contribution < 1.29 is 38.5 Å². The number of fused-ring (bicyclic) bond motifs is 2. The van der Waals surface area contributed by atoms with E-state index in [1.165, 1.54) is 12.0 Å². The average molecular weight is 851 g/mol. The molecule has 3 saturated heterocycles. The SMILES string of the molecule is C=CCCC(=O)N[C@H](COC)[C@H](OC(=O)[C@@H]1[C@H]2O[C@@]3(CC2Br)[C@H](C(=O)N(CC=C)c2ccc4ccccc4c2)N([C@H](CO)c2ccccc2)C(=O)[C@@H]13)c1ccccc1. The van der Waals surface area contributed by atoms with Crippen molar-refractivity contribution in [1.82, 2.24) is 10.2 Å². The number of methoxy groups -OCH3 is 1. The number of nitrogens with zero attached hydrogens (tertiary/aromatic N) is 2. The lowest BCUT2D eigenvalue weighted by molar-refractivity contribution is -0.163. The molecule has 4 aromatic rings. The van der Waals surface area contributed by atoms with Gasteiger partial charge in [0.15, 0.2) is 0 Å². The van der Waals surface area contributed by atoms with Crippen LogP contribution >= 0.6 is 15.9 Å². The van der Waals surface area contributed by atoms with Crippen molar-refractivity contribution >= 4 is 56.1 Å². The van der Waals surface area contributed by atoms with E-state index < -0.39 is 77.0 Å². The molecular formula is C46H48BrN3O8. The Bertz CT molecular complexity index is 2150. The van der Waals surface area contributed by atoms with Crippen LogP contribution in [-0.2, 0) is 33.4 Å². The Labute approximate surface area is 346 Å². The van der Waals surface area contributed by atoms with E-state index in [-0.39, 0.29) is 31.9 Å². The number of esters is 1. The number of ether oxygens (including phenoxy) is 3. The van der Waals surface area contributed by atoms with Gasteiger partial charge in [0.25, 0.3) is 5.91 Å². The highest BCUT2D eigenvalue weighted by Gasteiger charge is 2.78. The Balaban J connectivity index is 1.30. The topological polar surface area (TPSA) is 135 Å². The van der Waals surface area contributed by atoms with Crippen LogP contribution in [0.2, 0.25) is 0 Å². The molecule has 4 aromatic carbocycles. The summed E-state index contributed by atoms with van der Waals surface area (Å²) in [5, 5.41) is 15.9. The summed E-state index contributed by atoms with van der Waals surface area (Å²) in [6.07, 6.45) is 2.34. The Kier molecular flexibility index (Phi) is 12.6. The number of halogens is 1. The summed E-state index contributed by atoms with van der Waals surface area (Å²) < 4.78 is 18.8. The number of hydrogen-bond acceptors (Lipinski definition) is 8. The maximum Gasteiger partial charge on any atom is 0.313 e. The number of nitrogens with one attached hydrogen (secondary N) is 1. The van der Waals surface area contributed by atoms with E-state index in [1.54, 1.807) is 65.6 Å². The molecule has 58 heavy (non-hydrogen) atoms. The van der Waals surface area contributed by atoms with Crippen molar-refractivity contribution in [2.45, 2.75) is 60.0 Å². The second-order valence-electron chi connectivity index (χ2n) is 15.0. The molecule has 12 heteroatoms. The minimum Gasteiger partial charge on any atom is -0.455 e. The summed E-state index contributed by atoms with van der Waals surface area (Å²) in [4.78, 5) is 61.2. The second kappa shape index (κ2) is 17.8. The summed E-state index contributed by atoms with van der Waals surface area (Å²) in [6.45, 7) is 7.31. The van der Waals surface area contributed by atoms with E-state index in [2.05, 4.69) is 34.4 Å². The highest BCUT2D eigenvalue weighted by molar-refractivity contribution is 9.09. The molecule has 3 fully saturated rings.